The molecule has 2 aromatic heterocycles. The van der Waals surface area contributed by atoms with E-state index in [1.165, 1.54) is 22.8 Å². The van der Waals surface area contributed by atoms with Crippen molar-refractivity contribution in [3.8, 4) is 16.9 Å². The predicted octanol–water partition coefficient (Wildman–Crippen LogP) is 5.63. The lowest BCUT2D eigenvalue weighted by atomic mass is 9.91. The first-order valence-corrected chi connectivity index (χ1v) is 17.7. The third-order valence-electron chi connectivity index (χ3n) is 10.3. The van der Waals surface area contributed by atoms with Crippen LogP contribution in [0.1, 0.15) is 38.5 Å². The second-order valence-corrected chi connectivity index (χ2v) is 13.5. The maximum Gasteiger partial charge on any atom is 0.410 e. The molecule has 4 aromatic rings. The number of nitro groups is 1. The van der Waals surface area contributed by atoms with Crippen LogP contribution in [0.15, 0.2) is 77.9 Å². The van der Waals surface area contributed by atoms with E-state index in [0.29, 0.717) is 62.0 Å². The van der Waals surface area contributed by atoms with E-state index in [2.05, 4.69) is 20.2 Å². The minimum atomic E-state index is -0.595. The van der Waals surface area contributed by atoms with Gasteiger partial charge in [-0.3, -0.25) is 24.4 Å². The molecule has 0 spiro atoms. The summed E-state index contributed by atoms with van der Waals surface area (Å²) in [6.45, 7) is 3.82. The first-order chi connectivity index (χ1) is 25.2. The van der Waals surface area contributed by atoms with Gasteiger partial charge in [0.05, 0.1) is 22.9 Å². The van der Waals surface area contributed by atoms with Crippen molar-refractivity contribution >= 4 is 23.4 Å². The average molecular weight is 715 g/mol. The number of amides is 1. The average Bonchev–Trinajstić information content (AvgIpc) is 3.16. The molecule has 3 aliphatic rings. The molecule has 0 radical (unpaired) electrons. The van der Waals surface area contributed by atoms with Gasteiger partial charge >= 0.3 is 6.09 Å². The number of carbonyl (C=O) groups is 1. The molecule has 1 aliphatic carbocycles. The third kappa shape index (κ3) is 7.88. The van der Waals surface area contributed by atoms with Crippen LogP contribution in [0.5, 0.6) is 0 Å². The summed E-state index contributed by atoms with van der Waals surface area (Å²) in [5.74, 6) is -0.866. The van der Waals surface area contributed by atoms with E-state index in [9.17, 15) is 28.5 Å². The number of ether oxygens (including phenoxy) is 1. The summed E-state index contributed by atoms with van der Waals surface area (Å²) in [7, 11) is 0. The smallest absolute Gasteiger partial charge is 0.410 e. The number of anilines is 2. The molecule has 0 unspecified atom stereocenters. The zero-order valence-corrected chi connectivity index (χ0v) is 28.6. The molecule has 1 saturated carbocycles. The zero-order valence-electron chi connectivity index (χ0n) is 28.6. The van der Waals surface area contributed by atoms with E-state index >= 15 is 0 Å². The SMILES string of the molecule is O=C(O[C@H]1CC[C@H](N2CCN(c3ccc([N+](=O)[O-])cc3F)CC2)CC1)N1CCC(Nc2ncc(F)c(-c3cccc(-n4ccccc4=O)c3)n2)CC1. The minimum Gasteiger partial charge on any atom is -0.446 e. The lowest BCUT2D eigenvalue weighted by Crippen LogP contribution is -2.52. The van der Waals surface area contributed by atoms with Crippen LogP contribution in [0.4, 0.5) is 30.9 Å². The largest absolute Gasteiger partial charge is 0.446 e. The Hall–Kier alpha value is -5.44. The summed E-state index contributed by atoms with van der Waals surface area (Å²) < 4.78 is 36.8. The van der Waals surface area contributed by atoms with Crippen LogP contribution in [0.2, 0.25) is 0 Å². The maximum atomic E-state index is 14.9. The Balaban J connectivity index is 0.853. The highest BCUT2D eigenvalue weighted by Gasteiger charge is 2.32. The van der Waals surface area contributed by atoms with Crippen LogP contribution in [0.25, 0.3) is 16.9 Å². The van der Waals surface area contributed by atoms with Crippen LogP contribution in [-0.4, -0.2) is 92.8 Å². The molecule has 7 rings (SSSR count). The molecule has 272 valence electrons. The van der Waals surface area contributed by atoms with E-state index < -0.39 is 16.6 Å². The van der Waals surface area contributed by atoms with Crippen molar-refractivity contribution in [1.29, 1.82) is 0 Å². The van der Waals surface area contributed by atoms with Crippen molar-refractivity contribution in [2.75, 3.05) is 49.5 Å². The molecule has 0 atom stereocenters. The van der Waals surface area contributed by atoms with Crippen LogP contribution < -0.4 is 15.8 Å². The monoisotopic (exact) mass is 714 g/mol. The second kappa shape index (κ2) is 15.4. The normalized spacial score (nSPS) is 20.0. The number of benzene rings is 2. The number of nitrogens with zero attached hydrogens (tertiary/aromatic N) is 7. The number of nitrogens with one attached hydrogen (secondary N) is 1. The van der Waals surface area contributed by atoms with Gasteiger partial charge in [-0.1, -0.05) is 18.2 Å². The number of piperidine rings is 1. The molecular formula is C37H40F2N8O5. The number of hydrogen-bond acceptors (Lipinski definition) is 10. The van der Waals surface area contributed by atoms with Gasteiger partial charge in [-0.15, -0.1) is 0 Å². The minimum absolute atomic E-state index is 0.00982. The molecule has 13 nitrogen and oxygen atoms in total. The molecule has 3 fully saturated rings. The Morgan fingerprint density at radius 2 is 1.65 bits per heavy atom. The number of rotatable bonds is 8. The number of carbonyl (C=O) groups excluding carboxylic acids is 1. The lowest BCUT2D eigenvalue weighted by Gasteiger charge is -2.42. The summed E-state index contributed by atoms with van der Waals surface area (Å²) in [4.78, 5) is 50.4. The van der Waals surface area contributed by atoms with Crippen LogP contribution in [0, 0.1) is 21.7 Å². The Labute approximate surface area is 299 Å². The number of halogens is 2. The molecule has 15 heteroatoms. The molecule has 1 N–H and O–H groups in total. The van der Waals surface area contributed by atoms with E-state index in [1.807, 2.05) is 4.90 Å². The number of non-ortho nitro benzene ring substituents is 1. The summed E-state index contributed by atoms with van der Waals surface area (Å²) in [5, 5.41) is 14.2. The fourth-order valence-corrected chi connectivity index (χ4v) is 7.41. The number of piperazine rings is 1. The molecule has 1 amide bonds. The predicted molar refractivity (Wildman–Crippen MR) is 191 cm³/mol. The van der Waals surface area contributed by atoms with Gasteiger partial charge in [0.2, 0.25) is 5.95 Å². The van der Waals surface area contributed by atoms with Crippen LogP contribution in [0.3, 0.4) is 0 Å². The van der Waals surface area contributed by atoms with Gasteiger partial charge in [0.15, 0.2) is 11.6 Å². The van der Waals surface area contributed by atoms with E-state index in [0.717, 1.165) is 51.0 Å². The van der Waals surface area contributed by atoms with Crippen molar-refractivity contribution < 1.29 is 23.2 Å². The number of hydrogen-bond donors (Lipinski definition) is 1. The van der Waals surface area contributed by atoms with Gasteiger partial charge < -0.3 is 19.9 Å². The molecule has 0 bridgehead atoms. The Morgan fingerprint density at radius 1 is 0.885 bits per heavy atom. The second-order valence-electron chi connectivity index (χ2n) is 13.5. The van der Waals surface area contributed by atoms with Gasteiger partial charge in [0.25, 0.3) is 11.2 Å². The summed E-state index contributed by atoms with van der Waals surface area (Å²) >= 11 is 0. The van der Waals surface area contributed by atoms with Crippen molar-refractivity contribution in [3.63, 3.8) is 0 Å². The Bertz CT molecular complexity index is 1970. The van der Waals surface area contributed by atoms with E-state index in [-0.39, 0.29) is 41.1 Å². The van der Waals surface area contributed by atoms with Crippen molar-refractivity contribution in [3.05, 3.63) is 105 Å². The molecule has 2 saturated heterocycles. The van der Waals surface area contributed by atoms with Crippen molar-refractivity contribution in [2.45, 2.75) is 56.7 Å². The van der Waals surface area contributed by atoms with Gasteiger partial charge in [0.1, 0.15) is 11.8 Å². The number of aromatic nitrogens is 3. The maximum absolute atomic E-state index is 14.9. The van der Waals surface area contributed by atoms with Gasteiger partial charge in [-0.2, -0.15) is 0 Å². The van der Waals surface area contributed by atoms with Gasteiger partial charge in [-0.25, -0.2) is 23.5 Å². The molecule has 52 heavy (non-hydrogen) atoms. The standard InChI is InChI=1S/C37H40F2N8O5/c38-31-23-29(47(50)51)9-12-33(31)44-20-18-43(19-21-44)27-7-10-30(11-8-27)52-37(49)45-16-13-26(14-17-45)41-36-40-24-32(39)35(42-36)25-4-3-5-28(22-25)46-15-2-1-6-34(46)48/h1-6,9,12,15,22-24,26-27,30H,7-8,10-11,13-14,16-21H2,(H,40,41,42)/t27-,30-. The Kier molecular flexibility index (Phi) is 10.4. The van der Waals surface area contributed by atoms with Crippen LogP contribution in [-0.2, 0) is 4.74 Å². The quantitative estimate of drug-likeness (QED) is 0.181. The lowest BCUT2D eigenvalue weighted by molar-refractivity contribution is -0.385. The summed E-state index contributed by atoms with van der Waals surface area (Å²) in [6, 6.07) is 16.0. The number of nitro benzene ring substituents is 1. The molecule has 2 aromatic carbocycles. The summed E-state index contributed by atoms with van der Waals surface area (Å²) in [5.41, 5.74) is 1.17. The highest BCUT2D eigenvalue weighted by molar-refractivity contribution is 5.68. The van der Waals surface area contributed by atoms with Crippen LogP contribution >= 0.6 is 0 Å². The third-order valence-corrected chi connectivity index (χ3v) is 10.3. The highest BCUT2D eigenvalue weighted by atomic mass is 19.1. The molecule has 2 aliphatic heterocycles. The summed E-state index contributed by atoms with van der Waals surface area (Å²) in [6.07, 6.45) is 7.02. The molecular weight excluding hydrogens is 674 g/mol. The number of pyridine rings is 1. The van der Waals surface area contributed by atoms with E-state index in [4.69, 9.17) is 4.74 Å². The van der Waals surface area contributed by atoms with Crippen molar-refractivity contribution in [2.24, 2.45) is 0 Å². The fraction of sp³-hybridized carbons (Fsp3) is 0.405. The first kappa shape index (κ1) is 35.0. The van der Waals surface area contributed by atoms with E-state index in [1.54, 1.807) is 47.5 Å². The first-order valence-electron chi connectivity index (χ1n) is 17.7. The van der Waals surface area contributed by atoms with Gasteiger partial charge in [0, 0.05) is 80.9 Å². The number of likely N-dealkylation sites (tertiary alicyclic amines) is 1. The Morgan fingerprint density at radius 3 is 2.37 bits per heavy atom. The molecule has 4 heterocycles. The fourth-order valence-electron chi connectivity index (χ4n) is 7.41. The zero-order chi connectivity index (χ0) is 36.2. The van der Waals surface area contributed by atoms with Crippen molar-refractivity contribution in [1.82, 2.24) is 24.3 Å². The highest BCUT2D eigenvalue weighted by Crippen LogP contribution is 2.30. The van der Waals surface area contributed by atoms with Gasteiger partial charge in [-0.05, 0) is 62.8 Å². The topological polar surface area (TPSA) is 139 Å².